The number of piperidine rings is 1. The standard InChI is InChI=1S/C19H26N2/c1-2-14-11-15-7-8-19-17(9-10-21(12-14)13-15)16-5-3-4-6-18(16)20-19/h3-6,14-15,20H,2,7-13H2,1H3/t14-,15-/m1/s1. The molecule has 0 aliphatic carbocycles. The first-order valence-corrected chi connectivity index (χ1v) is 8.64. The molecule has 0 saturated carbocycles. The average Bonchev–Trinajstić information content (AvgIpc) is 2.89. The van der Waals surface area contributed by atoms with Crippen molar-refractivity contribution < 1.29 is 0 Å². The second-order valence-corrected chi connectivity index (χ2v) is 7.05. The fourth-order valence-electron chi connectivity index (χ4n) is 4.49. The van der Waals surface area contributed by atoms with E-state index in [0.717, 1.165) is 11.8 Å². The Kier molecular flexibility index (Phi) is 3.50. The molecule has 2 heteroatoms. The van der Waals surface area contributed by atoms with Gasteiger partial charge in [0.2, 0.25) is 0 Å². The Labute approximate surface area is 127 Å². The van der Waals surface area contributed by atoms with Crippen LogP contribution >= 0.6 is 0 Å². The first-order valence-electron chi connectivity index (χ1n) is 8.64. The van der Waals surface area contributed by atoms with E-state index in [4.69, 9.17) is 0 Å². The minimum atomic E-state index is 0.904. The molecular weight excluding hydrogens is 256 g/mol. The number of H-pyrrole nitrogens is 1. The molecule has 0 spiro atoms. The summed E-state index contributed by atoms with van der Waals surface area (Å²) in [5.74, 6) is 1.83. The Bertz CT molecular complexity index is 628. The fourth-order valence-corrected chi connectivity index (χ4v) is 4.49. The van der Waals surface area contributed by atoms with Gasteiger partial charge in [-0.1, -0.05) is 31.5 Å². The summed E-state index contributed by atoms with van der Waals surface area (Å²) in [6.45, 7) is 6.26. The highest BCUT2D eigenvalue weighted by Crippen LogP contribution is 2.32. The van der Waals surface area contributed by atoms with Crippen molar-refractivity contribution in [3.8, 4) is 0 Å². The van der Waals surface area contributed by atoms with E-state index in [2.05, 4.69) is 41.1 Å². The molecule has 1 saturated heterocycles. The van der Waals surface area contributed by atoms with E-state index in [-0.39, 0.29) is 0 Å². The van der Waals surface area contributed by atoms with Crippen molar-refractivity contribution >= 4 is 10.9 Å². The summed E-state index contributed by atoms with van der Waals surface area (Å²) in [6, 6.07) is 8.83. The maximum Gasteiger partial charge on any atom is 0.0458 e. The molecule has 1 aromatic heterocycles. The van der Waals surface area contributed by atoms with Crippen LogP contribution in [0, 0.1) is 11.8 Å². The van der Waals surface area contributed by atoms with Gasteiger partial charge < -0.3 is 9.88 Å². The molecule has 2 nitrogen and oxygen atoms in total. The van der Waals surface area contributed by atoms with Crippen LogP contribution in [0.1, 0.15) is 37.4 Å². The van der Waals surface area contributed by atoms with Gasteiger partial charge in [0.15, 0.2) is 0 Å². The van der Waals surface area contributed by atoms with Gasteiger partial charge in [0.25, 0.3) is 0 Å². The van der Waals surface area contributed by atoms with Crippen molar-refractivity contribution in [1.29, 1.82) is 0 Å². The number of aryl methyl sites for hydroxylation is 1. The van der Waals surface area contributed by atoms with Crippen LogP contribution in [0.4, 0.5) is 0 Å². The van der Waals surface area contributed by atoms with Gasteiger partial charge in [0.1, 0.15) is 0 Å². The van der Waals surface area contributed by atoms with Crippen LogP contribution in [0.3, 0.4) is 0 Å². The third-order valence-electron chi connectivity index (χ3n) is 5.66. The van der Waals surface area contributed by atoms with Gasteiger partial charge in [-0.3, -0.25) is 0 Å². The van der Waals surface area contributed by atoms with E-state index in [1.165, 1.54) is 68.3 Å². The first-order chi connectivity index (χ1) is 10.3. The largest absolute Gasteiger partial charge is 0.358 e. The summed E-state index contributed by atoms with van der Waals surface area (Å²) in [4.78, 5) is 6.43. The number of aromatic amines is 1. The Morgan fingerprint density at radius 2 is 2.10 bits per heavy atom. The summed E-state index contributed by atoms with van der Waals surface area (Å²) in [5, 5.41) is 1.46. The van der Waals surface area contributed by atoms with Crippen LogP contribution in [-0.2, 0) is 12.8 Å². The zero-order chi connectivity index (χ0) is 14.2. The van der Waals surface area contributed by atoms with Gasteiger partial charge in [-0.15, -0.1) is 0 Å². The van der Waals surface area contributed by atoms with Crippen molar-refractivity contribution in [3.05, 3.63) is 35.5 Å². The zero-order valence-electron chi connectivity index (χ0n) is 13.1. The monoisotopic (exact) mass is 282 g/mol. The number of para-hydroxylation sites is 1. The third kappa shape index (κ3) is 2.50. The molecule has 3 atom stereocenters. The van der Waals surface area contributed by atoms with Gasteiger partial charge >= 0.3 is 0 Å². The summed E-state index contributed by atoms with van der Waals surface area (Å²) >= 11 is 0. The zero-order valence-corrected chi connectivity index (χ0v) is 13.1. The average molecular weight is 282 g/mol. The molecule has 112 valence electrons. The number of rotatable bonds is 1. The molecule has 1 aromatic carbocycles. The maximum atomic E-state index is 3.70. The van der Waals surface area contributed by atoms with E-state index >= 15 is 0 Å². The van der Waals surface area contributed by atoms with Gasteiger partial charge in [-0.2, -0.15) is 0 Å². The molecule has 1 N–H and O–H groups in total. The van der Waals surface area contributed by atoms with Crippen molar-refractivity contribution in [2.45, 2.75) is 39.0 Å². The van der Waals surface area contributed by atoms with Crippen LogP contribution in [0.15, 0.2) is 24.3 Å². The van der Waals surface area contributed by atoms with E-state index in [1.807, 2.05) is 0 Å². The minimum absolute atomic E-state index is 0.904. The second kappa shape index (κ2) is 5.49. The molecule has 2 aliphatic heterocycles. The third-order valence-corrected chi connectivity index (χ3v) is 5.66. The van der Waals surface area contributed by atoms with Gasteiger partial charge in [0, 0.05) is 36.2 Å². The van der Waals surface area contributed by atoms with E-state index in [1.54, 1.807) is 5.56 Å². The number of benzene rings is 1. The van der Waals surface area contributed by atoms with Crippen LogP contribution in [-0.4, -0.2) is 29.5 Å². The molecule has 2 aliphatic rings. The molecule has 1 unspecified atom stereocenters. The van der Waals surface area contributed by atoms with Crippen molar-refractivity contribution in [2.24, 2.45) is 11.8 Å². The Morgan fingerprint density at radius 1 is 1.19 bits per heavy atom. The second-order valence-electron chi connectivity index (χ2n) is 7.05. The lowest BCUT2D eigenvalue weighted by atomic mass is 9.85. The SMILES string of the molecule is CC[C@@H]1C[C@H]2CCc3[nH]c4ccccc4c3CCN(C1)C2. The fraction of sp³-hybridized carbons (Fsp3) is 0.579. The van der Waals surface area contributed by atoms with E-state index in [0.29, 0.717) is 0 Å². The molecular formula is C19H26N2. The number of aromatic nitrogens is 1. The highest BCUT2D eigenvalue weighted by Gasteiger charge is 2.28. The molecule has 0 radical (unpaired) electrons. The summed E-state index contributed by atoms with van der Waals surface area (Å²) in [5.41, 5.74) is 4.43. The topological polar surface area (TPSA) is 19.0 Å². The highest BCUT2D eigenvalue weighted by molar-refractivity contribution is 5.84. The quantitative estimate of drug-likeness (QED) is 0.837. The van der Waals surface area contributed by atoms with Crippen LogP contribution < -0.4 is 0 Å². The highest BCUT2D eigenvalue weighted by atomic mass is 15.1. The summed E-state index contributed by atoms with van der Waals surface area (Å²) < 4.78 is 0. The summed E-state index contributed by atoms with van der Waals surface area (Å²) in [6.07, 6.45) is 6.60. The molecule has 2 aromatic rings. The van der Waals surface area contributed by atoms with Crippen molar-refractivity contribution in [1.82, 2.24) is 9.88 Å². The lowest BCUT2D eigenvalue weighted by Crippen LogP contribution is -2.41. The lowest BCUT2D eigenvalue weighted by Gasteiger charge is -2.37. The molecule has 21 heavy (non-hydrogen) atoms. The van der Waals surface area contributed by atoms with Gasteiger partial charge in [-0.05, 0) is 49.1 Å². The molecule has 2 bridgehead atoms. The number of nitrogens with one attached hydrogen (secondary N) is 1. The molecule has 0 amide bonds. The van der Waals surface area contributed by atoms with Crippen LogP contribution in [0.25, 0.3) is 10.9 Å². The maximum absolute atomic E-state index is 3.70. The number of hydrogen-bond acceptors (Lipinski definition) is 1. The Morgan fingerprint density at radius 3 is 3.00 bits per heavy atom. The van der Waals surface area contributed by atoms with Crippen LogP contribution in [0.5, 0.6) is 0 Å². The molecule has 1 fully saturated rings. The van der Waals surface area contributed by atoms with Crippen molar-refractivity contribution in [3.63, 3.8) is 0 Å². The Hall–Kier alpha value is -1.28. The number of hydrogen-bond donors (Lipinski definition) is 1. The van der Waals surface area contributed by atoms with Gasteiger partial charge in [-0.25, -0.2) is 0 Å². The normalized spacial score (nSPS) is 29.5. The smallest absolute Gasteiger partial charge is 0.0458 e. The predicted molar refractivity (Wildman–Crippen MR) is 88.7 cm³/mol. The predicted octanol–water partition coefficient (Wildman–Crippen LogP) is 4.00. The van der Waals surface area contributed by atoms with Crippen LogP contribution in [0.2, 0.25) is 0 Å². The molecule has 3 heterocycles. The van der Waals surface area contributed by atoms with Gasteiger partial charge in [0.05, 0.1) is 0 Å². The summed E-state index contributed by atoms with van der Waals surface area (Å²) in [7, 11) is 0. The van der Waals surface area contributed by atoms with E-state index in [9.17, 15) is 0 Å². The molecule has 4 rings (SSSR count). The number of fused-ring (bicyclic) bond motifs is 5. The minimum Gasteiger partial charge on any atom is -0.358 e. The van der Waals surface area contributed by atoms with E-state index < -0.39 is 0 Å². The lowest BCUT2D eigenvalue weighted by molar-refractivity contribution is 0.120. The Balaban J connectivity index is 1.66. The first kappa shape index (κ1) is 13.4. The van der Waals surface area contributed by atoms with Crippen molar-refractivity contribution in [2.75, 3.05) is 19.6 Å². The number of nitrogens with zero attached hydrogens (tertiary/aromatic N) is 1.